The Morgan fingerprint density at radius 3 is 2.79 bits per heavy atom. The van der Waals surface area contributed by atoms with Crippen molar-refractivity contribution < 1.29 is 24.9 Å². The molecule has 1 saturated heterocycles. The van der Waals surface area contributed by atoms with Crippen molar-refractivity contribution in [3.8, 4) is 5.75 Å². The fourth-order valence-electron chi connectivity index (χ4n) is 6.24. The first-order valence-corrected chi connectivity index (χ1v) is 10.4. The Morgan fingerprint density at radius 1 is 1.29 bits per heavy atom. The van der Waals surface area contributed by atoms with Gasteiger partial charge in [-0.15, -0.1) is 0 Å². The third-order valence-corrected chi connectivity index (χ3v) is 7.77. The number of phenols is 1. The van der Waals surface area contributed by atoms with Crippen molar-refractivity contribution in [1.29, 1.82) is 0 Å². The highest BCUT2D eigenvalue weighted by atomic mass is 16.4. The number of hydrogen-bond donors (Lipinski definition) is 3. The van der Waals surface area contributed by atoms with E-state index in [9.17, 15) is 24.9 Å². The number of hydrogen-bond acceptors (Lipinski definition) is 5. The minimum Gasteiger partial charge on any atom is -0.508 e. The largest absolute Gasteiger partial charge is 0.508 e. The van der Waals surface area contributed by atoms with Crippen LogP contribution in [0, 0.1) is 11.8 Å². The third-order valence-electron chi connectivity index (χ3n) is 7.77. The molecule has 3 fully saturated rings. The first kappa shape index (κ1) is 18.1. The van der Waals surface area contributed by atoms with Crippen molar-refractivity contribution in [3.63, 3.8) is 0 Å². The molecular formula is C22H27NO5. The molecule has 1 aromatic rings. The number of aromatic hydroxyl groups is 1. The fraction of sp³-hybridized carbons (Fsp3) is 0.636. The van der Waals surface area contributed by atoms with E-state index in [-0.39, 0.29) is 36.8 Å². The summed E-state index contributed by atoms with van der Waals surface area (Å²) in [4.78, 5) is 26.6. The summed E-state index contributed by atoms with van der Waals surface area (Å²) in [5, 5.41) is 31.5. The minimum absolute atomic E-state index is 0.0716. The van der Waals surface area contributed by atoms with Crippen molar-refractivity contribution in [2.45, 2.75) is 62.0 Å². The van der Waals surface area contributed by atoms with Gasteiger partial charge in [-0.05, 0) is 67.8 Å². The number of nitrogens with zero attached hydrogens (tertiary/aromatic N) is 1. The molecule has 0 amide bonds. The number of piperidine rings is 1. The van der Waals surface area contributed by atoms with E-state index >= 15 is 0 Å². The van der Waals surface area contributed by atoms with Crippen LogP contribution in [0.5, 0.6) is 5.75 Å². The average molecular weight is 385 g/mol. The molecule has 5 rings (SSSR count). The molecule has 1 aromatic carbocycles. The van der Waals surface area contributed by atoms with Crippen LogP contribution in [0.4, 0.5) is 0 Å². The zero-order valence-corrected chi connectivity index (χ0v) is 15.9. The van der Waals surface area contributed by atoms with Crippen LogP contribution in [0.15, 0.2) is 18.2 Å². The maximum absolute atomic E-state index is 12.9. The van der Waals surface area contributed by atoms with Gasteiger partial charge in [0, 0.05) is 30.3 Å². The Kier molecular flexibility index (Phi) is 3.91. The maximum atomic E-state index is 12.9. The fourth-order valence-corrected chi connectivity index (χ4v) is 6.24. The van der Waals surface area contributed by atoms with Gasteiger partial charge in [-0.1, -0.05) is 6.07 Å². The van der Waals surface area contributed by atoms with Crippen LogP contribution in [0.2, 0.25) is 0 Å². The van der Waals surface area contributed by atoms with E-state index < -0.39 is 22.9 Å². The van der Waals surface area contributed by atoms with Gasteiger partial charge in [0.25, 0.3) is 0 Å². The number of ketones is 1. The SMILES string of the molecule is O=C(O)CC1CC2(O)C3Cc4ccc(O)cc4C2(CCN3CC2CC2)CC1=O. The predicted molar refractivity (Wildman–Crippen MR) is 101 cm³/mol. The molecule has 6 heteroatoms. The summed E-state index contributed by atoms with van der Waals surface area (Å²) in [6.07, 6.45) is 3.93. The van der Waals surface area contributed by atoms with Crippen molar-refractivity contribution in [2.75, 3.05) is 13.1 Å². The molecule has 2 saturated carbocycles. The van der Waals surface area contributed by atoms with Crippen LogP contribution in [-0.2, 0) is 21.4 Å². The van der Waals surface area contributed by atoms with E-state index in [4.69, 9.17) is 0 Å². The summed E-state index contributed by atoms with van der Waals surface area (Å²) in [5.74, 6) is -0.867. The lowest BCUT2D eigenvalue weighted by atomic mass is 9.47. The molecular weight excluding hydrogens is 358 g/mol. The Morgan fingerprint density at radius 2 is 2.07 bits per heavy atom. The van der Waals surface area contributed by atoms with Crippen molar-refractivity contribution >= 4 is 11.8 Å². The quantitative estimate of drug-likeness (QED) is 0.732. The van der Waals surface area contributed by atoms with Crippen LogP contribution in [-0.4, -0.2) is 56.7 Å². The van der Waals surface area contributed by atoms with Crippen LogP contribution in [0.3, 0.4) is 0 Å². The van der Waals surface area contributed by atoms with Crippen molar-refractivity contribution in [3.05, 3.63) is 29.3 Å². The number of carboxylic acids is 1. The summed E-state index contributed by atoms with van der Waals surface area (Å²) < 4.78 is 0. The number of benzene rings is 1. The Hall–Kier alpha value is -1.92. The van der Waals surface area contributed by atoms with Crippen molar-refractivity contribution in [1.82, 2.24) is 4.90 Å². The summed E-state index contributed by atoms with van der Waals surface area (Å²) in [5.41, 5.74) is 0.113. The molecule has 4 unspecified atom stereocenters. The highest BCUT2D eigenvalue weighted by molar-refractivity contribution is 5.88. The molecule has 6 nitrogen and oxygen atoms in total. The van der Waals surface area contributed by atoms with Crippen LogP contribution < -0.4 is 0 Å². The number of likely N-dealkylation sites (tertiary alicyclic amines) is 1. The lowest BCUT2D eigenvalue weighted by Crippen LogP contribution is -2.74. The highest BCUT2D eigenvalue weighted by Gasteiger charge is 2.66. The van der Waals surface area contributed by atoms with Gasteiger partial charge >= 0.3 is 5.97 Å². The van der Waals surface area contributed by atoms with Gasteiger partial charge in [0.15, 0.2) is 0 Å². The monoisotopic (exact) mass is 385 g/mol. The molecule has 1 aliphatic heterocycles. The highest BCUT2D eigenvalue weighted by Crippen LogP contribution is 2.59. The lowest BCUT2D eigenvalue weighted by Gasteiger charge is -2.64. The van der Waals surface area contributed by atoms with E-state index in [1.165, 1.54) is 12.8 Å². The maximum Gasteiger partial charge on any atom is 0.304 e. The lowest BCUT2D eigenvalue weighted by molar-refractivity contribution is -0.183. The number of carboxylic acid groups (broad SMARTS) is 1. The molecule has 4 atom stereocenters. The summed E-state index contributed by atoms with van der Waals surface area (Å²) in [6, 6.07) is 5.22. The standard InChI is InChI=1S/C22H27NO5/c24-16-4-3-14-7-19-22(28)10-15(8-20(26)27)18(25)11-21(22,17(14)9-16)5-6-23(19)12-13-1-2-13/h3-4,9,13,15,19,24,28H,1-2,5-8,10-12H2,(H,26,27). The van der Waals surface area contributed by atoms with Gasteiger partial charge in [0.05, 0.1) is 12.0 Å². The first-order chi connectivity index (χ1) is 13.3. The van der Waals surface area contributed by atoms with Gasteiger partial charge in [0.2, 0.25) is 0 Å². The van der Waals surface area contributed by atoms with E-state index in [0.717, 1.165) is 24.2 Å². The zero-order chi connectivity index (χ0) is 19.7. The van der Waals surface area contributed by atoms with E-state index in [1.807, 2.05) is 6.07 Å². The smallest absolute Gasteiger partial charge is 0.304 e. The summed E-state index contributed by atoms with van der Waals surface area (Å²) in [6.45, 7) is 1.80. The second-order valence-electron chi connectivity index (χ2n) is 9.40. The number of fused-ring (bicyclic) bond motifs is 1. The molecule has 3 aliphatic carbocycles. The van der Waals surface area contributed by atoms with Gasteiger partial charge in [-0.25, -0.2) is 0 Å². The third kappa shape index (κ3) is 2.54. The number of Topliss-reactive ketones (excluding diaryl/α,β-unsaturated/α-hetero) is 1. The average Bonchev–Trinajstić information content (AvgIpc) is 3.43. The second-order valence-corrected chi connectivity index (χ2v) is 9.40. The number of phenolic OH excluding ortho intramolecular Hbond substituents is 1. The van der Waals surface area contributed by atoms with Crippen molar-refractivity contribution in [2.24, 2.45) is 11.8 Å². The molecule has 0 radical (unpaired) electrons. The number of carbonyl (C=O) groups excluding carboxylic acids is 1. The minimum atomic E-state index is -1.14. The normalized spacial score (nSPS) is 37.2. The number of aliphatic hydroxyl groups is 1. The Balaban J connectivity index is 1.61. The molecule has 1 heterocycles. The molecule has 4 aliphatic rings. The number of carbonyl (C=O) groups is 2. The molecule has 3 N–H and O–H groups in total. The van der Waals surface area contributed by atoms with Gasteiger partial charge in [-0.2, -0.15) is 0 Å². The molecule has 0 spiro atoms. The zero-order valence-electron chi connectivity index (χ0n) is 15.9. The topological polar surface area (TPSA) is 98.1 Å². The van der Waals surface area contributed by atoms with Gasteiger partial charge in [0.1, 0.15) is 11.5 Å². The van der Waals surface area contributed by atoms with E-state index in [1.54, 1.807) is 12.1 Å². The molecule has 0 aromatic heterocycles. The van der Waals surface area contributed by atoms with Gasteiger partial charge in [-0.3, -0.25) is 14.5 Å². The summed E-state index contributed by atoms with van der Waals surface area (Å²) >= 11 is 0. The number of aliphatic carboxylic acids is 1. The van der Waals surface area contributed by atoms with Crippen LogP contribution >= 0.6 is 0 Å². The van der Waals surface area contributed by atoms with Crippen LogP contribution in [0.1, 0.15) is 49.7 Å². The molecule has 28 heavy (non-hydrogen) atoms. The second kappa shape index (κ2) is 6.04. The summed E-state index contributed by atoms with van der Waals surface area (Å²) in [7, 11) is 0. The van der Waals surface area contributed by atoms with Crippen LogP contribution in [0.25, 0.3) is 0 Å². The van der Waals surface area contributed by atoms with E-state index in [0.29, 0.717) is 18.8 Å². The first-order valence-electron chi connectivity index (χ1n) is 10.4. The molecule has 2 bridgehead atoms. The predicted octanol–water partition coefficient (Wildman–Crippen LogP) is 1.86. The Bertz CT molecular complexity index is 849. The number of rotatable bonds is 4. The Labute approximate surface area is 164 Å². The van der Waals surface area contributed by atoms with Gasteiger partial charge < -0.3 is 15.3 Å². The van der Waals surface area contributed by atoms with E-state index in [2.05, 4.69) is 4.90 Å². The molecule has 150 valence electrons.